The van der Waals surface area contributed by atoms with Crippen LogP contribution in [0.25, 0.3) is 33.5 Å². The molecular formula is C27H23N3. The van der Waals surface area contributed by atoms with Crippen LogP contribution in [-0.2, 0) is 5.41 Å². The molecule has 0 fully saturated rings. The van der Waals surface area contributed by atoms with E-state index in [-0.39, 0.29) is 5.41 Å². The standard InChI is InChI=1S/C27H23N3/c1-19-9-8-16-27(2,18-19)20-10-7-11-21(17-20)29-24-14-5-6-15-25(24)30-23-13-4-3-12-22(23)28-26(29)30/h3-17H,18H2,1-2H3. The number of hydrogen-bond donors (Lipinski definition) is 0. The Morgan fingerprint density at radius 2 is 1.63 bits per heavy atom. The van der Waals surface area contributed by atoms with Gasteiger partial charge >= 0.3 is 0 Å². The van der Waals surface area contributed by atoms with Gasteiger partial charge in [0.15, 0.2) is 0 Å². The molecule has 6 rings (SSSR count). The molecule has 0 aliphatic heterocycles. The third kappa shape index (κ3) is 2.42. The third-order valence-electron chi connectivity index (χ3n) is 6.36. The summed E-state index contributed by atoms with van der Waals surface area (Å²) in [6.07, 6.45) is 7.77. The van der Waals surface area contributed by atoms with E-state index in [2.05, 4.69) is 108 Å². The summed E-state index contributed by atoms with van der Waals surface area (Å²) in [5, 5.41) is 0. The Bertz CT molecular complexity index is 1490. The molecule has 30 heavy (non-hydrogen) atoms. The molecule has 0 radical (unpaired) electrons. The number of rotatable bonds is 2. The second-order valence-corrected chi connectivity index (χ2v) is 8.58. The molecule has 3 aromatic carbocycles. The molecule has 0 amide bonds. The van der Waals surface area contributed by atoms with Crippen LogP contribution in [0.15, 0.2) is 96.6 Å². The molecule has 1 unspecified atom stereocenters. The van der Waals surface area contributed by atoms with Gasteiger partial charge in [-0.3, -0.25) is 8.97 Å². The van der Waals surface area contributed by atoms with Crippen molar-refractivity contribution in [3.8, 4) is 5.69 Å². The van der Waals surface area contributed by atoms with Crippen LogP contribution in [0, 0.1) is 0 Å². The summed E-state index contributed by atoms with van der Waals surface area (Å²) < 4.78 is 4.56. The van der Waals surface area contributed by atoms with Gasteiger partial charge in [0.05, 0.1) is 22.1 Å². The molecule has 146 valence electrons. The van der Waals surface area contributed by atoms with Crippen molar-refractivity contribution < 1.29 is 0 Å². The number of aromatic nitrogens is 3. The number of hydrogen-bond acceptors (Lipinski definition) is 1. The van der Waals surface area contributed by atoms with Crippen molar-refractivity contribution in [1.82, 2.24) is 14.0 Å². The highest BCUT2D eigenvalue weighted by Gasteiger charge is 2.26. The fourth-order valence-electron chi connectivity index (χ4n) is 4.93. The van der Waals surface area contributed by atoms with Crippen LogP contribution in [-0.4, -0.2) is 14.0 Å². The minimum absolute atomic E-state index is 0.00816. The summed E-state index contributed by atoms with van der Waals surface area (Å²) in [6, 6.07) is 25.8. The van der Waals surface area contributed by atoms with E-state index >= 15 is 0 Å². The summed E-state index contributed by atoms with van der Waals surface area (Å²) in [5.41, 5.74) is 8.41. The molecular weight excluding hydrogens is 366 g/mol. The summed E-state index contributed by atoms with van der Waals surface area (Å²) in [4.78, 5) is 5.00. The van der Waals surface area contributed by atoms with Crippen LogP contribution >= 0.6 is 0 Å². The number of para-hydroxylation sites is 4. The summed E-state index contributed by atoms with van der Waals surface area (Å²) in [6.45, 7) is 4.54. The van der Waals surface area contributed by atoms with Crippen molar-refractivity contribution in [2.45, 2.75) is 25.7 Å². The third-order valence-corrected chi connectivity index (χ3v) is 6.36. The predicted molar refractivity (Wildman–Crippen MR) is 124 cm³/mol. The van der Waals surface area contributed by atoms with Crippen LogP contribution in [0.4, 0.5) is 0 Å². The highest BCUT2D eigenvalue weighted by molar-refractivity contribution is 5.92. The molecule has 1 aliphatic carbocycles. The van der Waals surface area contributed by atoms with E-state index in [0.717, 1.165) is 28.9 Å². The molecule has 1 aliphatic rings. The first-order chi connectivity index (χ1) is 14.6. The number of benzene rings is 3. The smallest absolute Gasteiger partial charge is 0.220 e. The summed E-state index contributed by atoms with van der Waals surface area (Å²) >= 11 is 0. The van der Waals surface area contributed by atoms with Crippen LogP contribution in [0.5, 0.6) is 0 Å². The highest BCUT2D eigenvalue weighted by atomic mass is 15.2. The van der Waals surface area contributed by atoms with E-state index in [1.54, 1.807) is 0 Å². The van der Waals surface area contributed by atoms with Crippen LogP contribution < -0.4 is 0 Å². The van der Waals surface area contributed by atoms with E-state index in [4.69, 9.17) is 4.98 Å². The Labute approximate surface area is 175 Å². The normalized spacial score (nSPS) is 19.1. The van der Waals surface area contributed by atoms with Gasteiger partial charge in [-0.1, -0.05) is 67.1 Å². The van der Waals surface area contributed by atoms with Crippen molar-refractivity contribution in [3.63, 3.8) is 0 Å². The second-order valence-electron chi connectivity index (χ2n) is 8.58. The lowest BCUT2D eigenvalue weighted by Gasteiger charge is -2.30. The van der Waals surface area contributed by atoms with Gasteiger partial charge in [0, 0.05) is 11.1 Å². The van der Waals surface area contributed by atoms with Crippen molar-refractivity contribution in [2.75, 3.05) is 0 Å². The molecule has 0 saturated carbocycles. The fourth-order valence-corrected chi connectivity index (χ4v) is 4.93. The average Bonchev–Trinajstić information content (AvgIpc) is 3.28. The summed E-state index contributed by atoms with van der Waals surface area (Å²) in [7, 11) is 0. The van der Waals surface area contributed by atoms with Gasteiger partial charge in [0.1, 0.15) is 0 Å². The van der Waals surface area contributed by atoms with Gasteiger partial charge in [-0.15, -0.1) is 0 Å². The predicted octanol–water partition coefficient (Wildman–Crippen LogP) is 6.60. The number of imidazole rings is 2. The molecule has 5 aromatic rings. The molecule has 0 spiro atoms. The molecule has 2 aromatic heterocycles. The Kier molecular flexibility index (Phi) is 3.57. The quantitative estimate of drug-likeness (QED) is 0.334. The molecule has 0 bridgehead atoms. The zero-order valence-corrected chi connectivity index (χ0v) is 17.2. The lowest BCUT2D eigenvalue weighted by molar-refractivity contribution is 0.580. The van der Waals surface area contributed by atoms with Gasteiger partial charge in [-0.05, 0) is 55.3 Å². The largest absolute Gasteiger partial charge is 0.278 e. The first kappa shape index (κ1) is 17.3. The van der Waals surface area contributed by atoms with Crippen molar-refractivity contribution in [2.24, 2.45) is 0 Å². The van der Waals surface area contributed by atoms with E-state index in [9.17, 15) is 0 Å². The zero-order chi connectivity index (χ0) is 20.3. The van der Waals surface area contributed by atoms with Crippen LogP contribution in [0.3, 0.4) is 0 Å². The maximum atomic E-state index is 5.00. The van der Waals surface area contributed by atoms with E-state index < -0.39 is 0 Å². The topological polar surface area (TPSA) is 22.2 Å². The summed E-state index contributed by atoms with van der Waals surface area (Å²) in [5.74, 6) is 0.954. The van der Waals surface area contributed by atoms with Gasteiger partial charge in [0.2, 0.25) is 5.78 Å². The maximum absolute atomic E-state index is 5.00. The monoisotopic (exact) mass is 389 g/mol. The number of fused-ring (bicyclic) bond motifs is 5. The van der Waals surface area contributed by atoms with Gasteiger partial charge < -0.3 is 0 Å². The molecule has 2 heterocycles. The minimum Gasteiger partial charge on any atom is -0.278 e. The molecule has 3 heteroatoms. The van der Waals surface area contributed by atoms with Gasteiger partial charge in [-0.2, -0.15) is 0 Å². The van der Waals surface area contributed by atoms with Crippen molar-refractivity contribution in [3.05, 3.63) is 102 Å². The molecule has 1 atom stereocenters. The Balaban J connectivity index is 1.64. The van der Waals surface area contributed by atoms with E-state index in [0.29, 0.717) is 0 Å². The SMILES string of the molecule is CC1=CC=CC(C)(c2cccc(-n3c4ccccc4n4c5ccccc5nc34)c2)C1. The lowest BCUT2D eigenvalue weighted by atomic mass is 9.75. The van der Waals surface area contributed by atoms with E-state index in [1.807, 2.05) is 6.07 Å². The Morgan fingerprint density at radius 3 is 2.47 bits per heavy atom. The molecule has 0 N–H and O–H groups in total. The first-order valence-electron chi connectivity index (χ1n) is 10.5. The lowest BCUT2D eigenvalue weighted by Crippen LogP contribution is -2.21. The zero-order valence-electron chi connectivity index (χ0n) is 17.2. The number of nitrogens with zero attached hydrogens (tertiary/aromatic N) is 3. The van der Waals surface area contributed by atoms with E-state index in [1.165, 1.54) is 22.2 Å². The highest BCUT2D eigenvalue weighted by Crippen LogP contribution is 2.37. The molecule has 0 saturated heterocycles. The number of allylic oxidation sites excluding steroid dienone is 4. The maximum Gasteiger partial charge on any atom is 0.220 e. The van der Waals surface area contributed by atoms with Crippen molar-refractivity contribution >= 4 is 27.8 Å². The molecule has 3 nitrogen and oxygen atoms in total. The van der Waals surface area contributed by atoms with Gasteiger partial charge in [0.25, 0.3) is 0 Å². The average molecular weight is 390 g/mol. The Hall–Kier alpha value is -3.59. The fraction of sp³-hybridized carbons (Fsp3) is 0.148. The van der Waals surface area contributed by atoms with Crippen LogP contribution in [0.1, 0.15) is 25.8 Å². The van der Waals surface area contributed by atoms with Crippen LogP contribution in [0.2, 0.25) is 0 Å². The second kappa shape index (κ2) is 6.20. The minimum atomic E-state index is 0.00816. The van der Waals surface area contributed by atoms with Crippen molar-refractivity contribution in [1.29, 1.82) is 0 Å². The first-order valence-corrected chi connectivity index (χ1v) is 10.5. The Morgan fingerprint density at radius 1 is 0.867 bits per heavy atom. The van der Waals surface area contributed by atoms with Gasteiger partial charge in [-0.25, -0.2) is 4.98 Å².